The molecule has 1 aliphatic heterocycles. The number of nitrogens with two attached hydrogens (primary N) is 1. The fourth-order valence-corrected chi connectivity index (χ4v) is 3.52. The predicted octanol–water partition coefficient (Wildman–Crippen LogP) is 2.88. The van der Waals surface area contributed by atoms with Gasteiger partial charge in [0.1, 0.15) is 12.3 Å². The van der Waals surface area contributed by atoms with Crippen LogP contribution in [0.1, 0.15) is 53.8 Å². The van der Waals surface area contributed by atoms with Gasteiger partial charge in [-0.2, -0.15) is 0 Å². The van der Waals surface area contributed by atoms with Crippen LogP contribution in [-0.4, -0.2) is 60.6 Å². The maximum absolute atomic E-state index is 11.2. The predicted molar refractivity (Wildman–Crippen MR) is 113 cm³/mol. The SMILES string of the molecule is CCCCCCOC(=N)/C(=N\S)C1=CCC[N+](C)(C(CC)OC(N)=O)C1.O.[HH]. The van der Waals surface area contributed by atoms with Gasteiger partial charge in [0, 0.05) is 19.8 Å². The molecule has 0 saturated heterocycles. The second-order valence-corrected chi connectivity index (χ2v) is 7.07. The Morgan fingerprint density at radius 1 is 1.44 bits per heavy atom. The van der Waals surface area contributed by atoms with Gasteiger partial charge in [-0.15, -0.1) is 0 Å². The van der Waals surface area contributed by atoms with Gasteiger partial charge < -0.3 is 20.7 Å². The number of quaternary nitrogens is 1. The third-order valence-electron chi connectivity index (χ3n) is 4.72. The van der Waals surface area contributed by atoms with Gasteiger partial charge >= 0.3 is 6.09 Å². The first-order chi connectivity index (χ1) is 12.4. The van der Waals surface area contributed by atoms with Crippen molar-refractivity contribution in [2.24, 2.45) is 10.1 Å². The molecule has 0 aromatic rings. The number of likely N-dealkylation sites (N-methyl/N-ethyl adjacent to an activating group) is 1. The van der Waals surface area contributed by atoms with Crippen LogP contribution < -0.4 is 5.73 Å². The number of nitrogens with zero attached hydrogens (tertiary/aromatic N) is 2. The number of ether oxygens (including phenoxy) is 2. The highest BCUT2D eigenvalue weighted by Crippen LogP contribution is 2.24. The molecule has 9 heteroatoms. The summed E-state index contributed by atoms with van der Waals surface area (Å²) in [5, 5.41) is 8.20. The molecule has 0 spiro atoms. The minimum atomic E-state index is -0.765. The van der Waals surface area contributed by atoms with Crippen molar-refractivity contribution in [1.29, 1.82) is 5.41 Å². The Morgan fingerprint density at radius 3 is 2.70 bits per heavy atom. The Hall–Kier alpha value is -1.58. The van der Waals surface area contributed by atoms with E-state index in [1.54, 1.807) is 0 Å². The number of amides is 1. The zero-order chi connectivity index (χ0) is 19.6. The van der Waals surface area contributed by atoms with Crippen LogP contribution in [0.4, 0.5) is 4.79 Å². The van der Waals surface area contributed by atoms with Crippen LogP contribution >= 0.6 is 12.8 Å². The summed E-state index contributed by atoms with van der Waals surface area (Å²) in [5.74, 6) is 0.0417. The maximum Gasteiger partial charge on any atom is 0.409 e. The molecule has 1 aliphatic rings. The molecule has 0 fully saturated rings. The first-order valence-electron chi connectivity index (χ1n) is 9.31. The van der Waals surface area contributed by atoms with E-state index in [0.29, 0.717) is 29.8 Å². The van der Waals surface area contributed by atoms with Gasteiger partial charge in [0.2, 0.25) is 12.1 Å². The van der Waals surface area contributed by atoms with Crippen molar-refractivity contribution in [3.8, 4) is 0 Å². The van der Waals surface area contributed by atoms with E-state index in [4.69, 9.17) is 20.6 Å². The Balaban J connectivity index is 0. The summed E-state index contributed by atoms with van der Waals surface area (Å²) in [4.78, 5) is 11.2. The lowest BCUT2D eigenvalue weighted by molar-refractivity contribution is -0.949. The second-order valence-electron chi connectivity index (χ2n) is 6.87. The first kappa shape index (κ1) is 25.4. The molecule has 5 N–H and O–H groups in total. The summed E-state index contributed by atoms with van der Waals surface area (Å²) in [6, 6.07) is 0. The lowest BCUT2D eigenvalue weighted by Gasteiger charge is -2.42. The molecular weight excluding hydrogens is 368 g/mol. The summed E-state index contributed by atoms with van der Waals surface area (Å²) in [6.07, 6.45) is 6.76. The smallest absolute Gasteiger partial charge is 0.409 e. The second kappa shape index (κ2) is 12.7. The molecule has 1 heterocycles. The summed E-state index contributed by atoms with van der Waals surface area (Å²) >= 11 is 4.04. The molecule has 8 nitrogen and oxygen atoms in total. The molecule has 1 amide bonds. The largest absolute Gasteiger partial charge is 0.477 e. The van der Waals surface area contributed by atoms with Crippen LogP contribution in [0.15, 0.2) is 16.0 Å². The van der Waals surface area contributed by atoms with E-state index >= 15 is 0 Å². The number of hydrogen-bond acceptors (Lipinski definition) is 6. The molecule has 0 saturated carbocycles. The van der Waals surface area contributed by atoms with E-state index in [1.165, 1.54) is 6.42 Å². The van der Waals surface area contributed by atoms with Gasteiger partial charge in [0.05, 0.1) is 20.2 Å². The fourth-order valence-electron chi connectivity index (χ4n) is 3.30. The van der Waals surface area contributed by atoms with Gasteiger partial charge in [-0.25, -0.2) is 9.19 Å². The van der Waals surface area contributed by atoms with E-state index in [1.807, 2.05) is 14.0 Å². The number of hydrogen-bond donors (Lipinski definition) is 3. The molecule has 1 rings (SSSR count). The fraction of sp³-hybridized carbons (Fsp3) is 0.722. The Bertz CT molecular complexity index is 560. The van der Waals surface area contributed by atoms with E-state index in [0.717, 1.165) is 37.8 Å². The summed E-state index contributed by atoms with van der Waals surface area (Å²) in [6.45, 7) is 6.02. The van der Waals surface area contributed by atoms with Gasteiger partial charge in [-0.1, -0.05) is 39.2 Å². The van der Waals surface area contributed by atoms with E-state index in [2.05, 4.69) is 30.2 Å². The number of unbranched alkanes of at least 4 members (excludes halogenated alkanes) is 3. The van der Waals surface area contributed by atoms with Crippen molar-refractivity contribution in [2.75, 3.05) is 26.7 Å². The van der Waals surface area contributed by atoms with Gasteiger partial charge in [-0.05, 0) is 19.2 Å². The number of carbonyl (C=O) groups is 1. The van der Waals surface area contributed by atoms with Crippen molar-refractivity contribution >= 4 is 30.5 Å². The van der Waals surface area contributed by atoms with Crippen LogP contribution in [0.3, 0.4) is 0 Å². The van der Waals surface area contributed by atoms with Crippen molar-refractivity contribution in [2.45, 2.75) is 58.6 Å². The van der Waals surface area contributed by atoms with E-state index in [-0.39, 0.29) is 19.0 Å². The lowest BCUT2D eigenvalue weighted by atomic mass is 10.0. The van der Waals surface area contributed by atoms with Crippen molar-refractivity contribution in [3.05, 3.63) is 11.6 Å². The molecule has 0 aliphatic carbocycles. The van der Waals surface area contributed by atoms with Crippen LogP contribution in [0.5, 0.6) is 0 Å². The molecular formula is C18H37N4O4S+. The molecule has 158 valence electrons. The standard InChI is InChI=1S/C18H32N4O3S.H2O.H2/c1-4-6-7-8-12-24-17(19)16(21-26)14-10-9-11-22(3,13-14)15(5-2)25-18(20)23;;/h10,15H,4-9,11-13H2,1-3H3,(H3-,19,20,23,26);1H2;1H/p+1. The zero-order valence-corrected chi connectivity index (χ0v) is 17.6. The molecule has 2 unspecified atom stereocenters. The van der Waals surface area contributed by atoms with E-state index < -0.39 is 6.09 Å². The summed E-state index contributed by atoms with van der Waals surface area (Å²) in [5.41, 5.74) is 6.55. The zero-order valence-electron chi connectivity index (χ0n) is 16.7. The van der Waals surface area contributed by atoms with Crippen molar-refractivity contribution in [3.63, 3.8) is 0 Å². The first-order valence-corrected chi connectivity index (χ1v) is 9.71. The van der Waals surface area contributed by atoms with Crippen LogP contribution in [-0.2, 0) is 9.47 Å². The number of nitrogens with one attached hydrogen (secondary N) is 1. The van der Waals surface area contributed by atoms with Crippen molar-refractivity contribution in [1.82, 2.24) is 0 Å². The summed E-state index contributed by atoms with van der Waals surface area (Å²) in [7, 11) is 2.02. The molecule has 27 heavy (non-hydrogen) atoms. The normalized spacial score (nSPS) is 20.9. The van der Waals surface area contributed by atoms with Crippen LogP contribution in [0, 0.1) is 5.41 Å². The molecule has 0 aromatic carbocycles. The Labute approximate surface area is 169 Å². The lowest BCUT2D eigenvalue weighted by Crippen LogP contribution is -2.57. The molecule has 2 atom stereocenters. The van der Waals surface area contributed by atoms with Gasteiger partial charge in [0.25, 0.3) is 0 Å². The van der Waals surface area contributed by atoms with Crippen LogP contribution in [0.25, 0.3) is 0 Å². The molecule has 0 aromatic heterocycles. The number of rotatable bonds is 10. The van der Waals surface area contributed by atoms with Gasteiger partial charge in [-0.3, -0.25) is 9.89 Å². The minimum Gasteiger partial charge on any atom is -0.477 e. The highest BCUT2D eigenvalue weighted by molar-refractivity contribution is 7.79. The average molecular weight is 406 g/mol. The Morgan fingerprint density at radius 2 is 2.15 bits per heavy atom. The average Bonchev–Trinajstić information content (AvgIpc) is 2.60. The summed E-state index contributed by atoms with van der Waals surface area (Å²) < 4.78 is 15.4. The number of thiol groups is 1. The number of primary amides is 1. The number of carbonyl (C=O) groups excluding carboxylic acids is 1. The quantitative estimate of drug-likeness (QED) is 0.170. The molecule has 0 radical (unpaired) electrons. The van der Waals surface area contributed by atoms with Crippen LogP contribution in [0.2, 0.25) is 0 Å². The minimum absolute atomic E-state index is 0. The Kier molecular flexibility index (Phi) is 12.0. The third kappa shape index (κ3) is 7.90. The topological polar surface area (TPSA) is 129 Å². The van der Waals surface area contributed by atoms with Gasteiger partial charge in [0.15, 0.2) is 0 Å². The highest BCUT2D eigenvalue weighted by atomic mass is 32.1. The maximum atomic E-state index is 11.2. The van der Waals surface area contributed by atoms with Crippen molar-refractivity contribution < 1.29 is 25.7 Å². The third-order valence-corrected chi connectivity index (χ3v) is 4.92. The molecule has 0 bridgehead atoms. The monoisotopic (exact) mass is 405 g/mol. The van der Waals surface area contributed by atoms with E-state index in [9.17, 15) is 4.79 Å². The highest BCUT2D eigenvalue weighted by Gasteiger charge is 2.38.